The lowest BCUT2D eigenvalue weighted by Gasteiger charge is -2.21. The van der Waals surface area contributed by atoms with Crippen LogP contribution >= 0.6 is 11.3 Å². The molecule has 2 heterocycles. The van der Waals surface area contributed by atoms with E-state index in [2.05, 4.69) is 0 Å². The van der Waals surface area contributed by atoms with Gasteiger partial charge < -0.3 is 9.32 Å². The molecule has 5 nitrogen and oxygen atoms in total. The van der Waals surface area contributed by atoms with E-state index in [4.69, 9.17) is 4.42 Å². The van der Waals surface area contributed by atoms with Crippen LogP contribution in [-0.2, 0) is 17.9 Å². The highest BCUT2D eigenvalue weighted by Gasteiger charge is 2.17. The number of aromatic nitrogens is 1. The second-order valence-corrected chi connectivity index (χ2v) is 6.15. The number of thiophene rings is 1. The van der Waals surface area contributed by atoms with Crippen molar-refractivity contribution in [3.05, 3.63) is 57.2 Å². The number of hydrogen-bond donors (Lipinski definition) is 0. The van der Waals surface area contributed by atoms with Crippen LogP contribution < -0.4 is 5.76 Å². The van der Waals surface area contributed by atoms with Crippen molar-refractivity contribution < 1.29 is 9.21 Å². The summed E-state index contributed by atoms with van der Waals surface area (Å²) in [6.45, 7) is 3.27. The number of oxazole rings is 1. The number of benzene rings is 1. The molecule has 1 aromatic carbocycles. The fourth-order valence-electron chi connectivity index (χ4n) is 2.56. The molecule has 0 aliphatic heterocycles. The Morgan fingerprint density at radius 1 is 1.30 bits per heavy atom. The van der Waals surface area contributed by atoms with Gasteiger partial charge in [0.05, 0.1) is 5.52 Å². The van der Waals surface area contributed by atoms with E-state index in [1.54, 1.807) is 34.4 Å². The van der Waals surface area contributed by atoms with Crippen molar-refractivity contribution >= 4 is 28.3 Å². The molecule has 0 atom stereocenters. The number of nitrogens with zero attached hydrogens (tertiary/aromatic N) is 2. The molecule has 0 radical (unpaired) electrons. The van der Waals surface area contributed by atoms with E-state index < -0.39 is 5.76 Å². The summed E-state index contributed by atoms with van der Waals surface area (Å²) in [7, 11) is 0. The molecule has 0 N–H and O–H groups in total. The minimum absolute atomic E-state index is 0.0000161. The molecule has 0 saturated carbocycles. The standard InChI is InChI=1S/C17H18N2O3S/c1-2-8-18(10-13-7-9-23-12-13)16(20)11-19-14-5-3-4-6-15(14)22-17(19)21/h3-7,9,12H,2,8,10-11H2,1H3. The van der Waals surface area contributed by atoms with Crippen LogP contribution in [-0.4, -0.2) is 21.9 Å². The largest absolute Gasteiger partial charge is 0.420 e. The summed E-state index contributed by atoms with van der Waals surface area (Å²) in [5.74, 6) is -0.571. The summed E-state index contributed by atoms with van der Waals surface area (Å²) >= 11 is 1.61. The Labute approximate surface area is 137 Å². The number of carbonyl (C=O) groups excluding carboxylic acids is 1. The summed E-state index contributed by atoms with van der Waals surface area (Å²) in [4.78, 5) is 26.4. The van der Waals surface area contributed by atoms with Gasteiger partial charge in [-0.3, -0.25) is 9.36 Å². The lowest BCUT2D eigenvalue weighted by atomic mass is 10.3. The van der Waals surface area contributed by atoms with Crippen molar-refractivity contribution in [3.63, 3.8) is 0 Å². The second kappa shape index (κ2) is 6.83. The van der Waals surface area contributed by atoms with Gasteiger partial charge in [-0.05, 0) is 40.9 Å². The molecule has 1 amide bonds. The molecule has 3 rings (SSSR count). The van der Waals surface area contributed by atoms with E-state index in [-0.39, 0.29) is 12.5 Å². The molecule has 23 heavy (non-hydrogen) atoms. The van der Waals surface area contributed by atoms with Gasteiger partial charge >= 0.3 is 5.76 Å². The molecule has 0 unspecified atom stereocenters. The average Bonchev–Trinajstić information content (AvgIpc) is 3.15. The van der Waals surface area contributed by atoms with Crippen LogP contribution in [0, 0.1) is 0 Å². The zero-order valence-corrected chi connectivity index (χ0v) is 13.7. The first kappa shape index (κ1) is 15.6. The van der Waals surface area contributed by atoms with Crippen LogP contribution in [0.25, 0.3) is 11.1 Å². The maximum atomic E-state index is 12.7. The Balaban J connectivity index is 1.82. The number of para-hydroxylation sites is 2. The third-order valence-electron chi connectivity index (χ3n) is 3.67. The topological polar surface area (TPSA) is 55.5 Å². The van der Waals surface area contributed by atoms with Gasteiger partial charge in [0.25, 0.3) is 0 Å². The van der Waals surface area contributed by atoms with Crippen molar-refractivity contribution in [2.24, 2.45) is 0 Å². The first-order chi connectivity index (χ1) is 11.2. The Kier molecular flexibility index (Phi) is 4.62. The molecule has 2 aromatic heterocycles. The molecule has 6 heteroatoms. The van der Waals surface area contributed by atoms with Crippen molar-refractivity contribution in [1.29, 1.82) is 0 Å². The normalized spacial score (nSPS) is 11.0. The molecule has 3 aromatic rings. The van der Waals surface area contributed by atoms with Gasteiger partial charge in [0.2, 0.25) is 5.91 Å². The van der Waals surface area contributed by atoms with Crippen molar-refractivity contribution in [3.8, 4) is 0 Å². The van der Waals surface area contributed by atoms with E-state index in [0.717, 1.165) is 12.0 Å². The third kappa shape index (κ3) is 3.37. The van der Waals surface area contributed by atoms with Gasteiger partial charge in [-0.2, -0.15) is 11.3 Å². The third-order valence-corrected chi connectivity index (χ3v) is 4.40. The predicted molar refractivity (Wildman–Crippen MR) is 90.5 cm³/mol. The second-order valence-electron chi connectivity index (χ2n) is 5.37. The lowest BCUT2D eigenvalue weighted by Crippen LogP contribution is -2.35. The average molecular weight is 330 g/mol. The van der Waals surface area contributed by atoms with Crippen molar-refractivity contribution in [2.45, 2.75) is 26.4 Å². The number of rotatable bonds is 6. The van der Waals surface area contributed by atoms with Crippen LogP contribution in [0.1, 0.15) is 18.9 Å². The minimum atomic E-state index is -0.494. The summed E-state index contributed by atoms with van der Waals surface area (Å²) in [6.07, 6.45) is 0.872. The molecular formula is C17H18N2O3S. The summed E-state index contributed by atoms with van der Waals surface area (Å²) < 4.78 is 6.58. The van der Waals surface area contributed by atoms with Crippen molar-refractivity contribution in [2.75, 3.05) is 6.54 Å². The quantitative estimate of drug-likeness (QED) is 0.698. The Hall–Kier alpha value is -2.34. The highest BCUT2D eigenvalue weighted by atomic mass is 32.1. The van der Waals surface area contributed by atoms with E-state index in [9.17, 15) is 9.59 Å². The first-order valence-corrected chi connectivity index (χ1v) is 8.50. The van der Waals surface area contributed by atoms with Gasteiger partial charge in [-0.1, -0.05) is 19.1 Å². The molecule has 0 fully saturated rings. The minimum Gasteiger partial charge on any atom is -0.408 e. The SMILES string of the molecule is CCCN(Cc1ccsc1)C(=O)Cn1c(=O)oc2ccccc21. The lowest BCUT2D eigenvalue weighted by molar-refractivity contribution is -0.132. The van der Waals surface area contributed by atoms with Gasteiger partial charge in [0.15, 0.2) is 5.58 Å². The van der Waals surface area contributed by atoms with Crippen LogP contribution in [0.15, 0.2) is 50.3 Å². The van der Waals surface area contributed by atoms with E-state index in [1.165, 1.54) is 4.57 Å². The molecular weight excluding hydrogens is 312 g/mol. The number of hydrogen-bond acceptors (Lipinski definition) is 4. The van der Waals surface area contributed by atoms with Gasteiger partial charge in [-0.25, -0.2) is 4.79 Å². The molecule has 120 valence electrons. The smallest absolute Gasteiger partial charge is 0.408 e. The van der Waals surface area contributed by atoms with Gasteiger partial charge in [-0.15, -0.1) is 0 Å². The van der Waals surface area contributed by atoms with Gasteiger partial charge in [0.1, 0.15) is 6.54 Å². The van der Waals surface area contributed by atoms with E-state index in [1.807, 2.05) is 29.8 Å². The van der Waals surface area contributed by atoms with Crippen LogP contribution in [0.5, 0.6) is 0 Å². The zero-order chi connectivity index (χ0) is 16.2. The van der Waals surface area contributed by atoms with Crippen LogP contribution in [0.4, 0.5) is 0 Å². The number of fused-ring (bicyclic) bond motifs is 1. The molecule has 0 aliphatic carbocycles. The van der Waals surface area contributed by atoms with Crippen LogP contribution in [0.3, 0.4) is 0 Å². The highest BCUT2D eigenvalue weighted by molar-refractivity contribution is 7.07. The molecule has 0 saturated heterocycles. The zero-order valence-electron chi connectivity index (χ0n) is 12.9. The Morgan fingerprint density at radius 2 is 2.13 bits per heavy atom. The fraction of sp³-hybridized carbons (Fsp3) is 0.294. The molecule has 0 spiro atoms. The molecule has 0 aliphatic rings. The maximum absolute atomic E-state index is 12.7. The number of carbonyl (C=O) groups is 1. The predicted octanol–water partition coefficient (Wildman–Crippen LogP) is 3.09. The Morgan fingerprint density at radius 3 is 2.87 bits per heavy atom. The number of amides is 1. The highest BCUT2D eigenvalue weighted by Crippen LogP contribution is 2.14. The van der Waals surface area contributed by atoms with E-state index in [0.29, 0.717) is 24.2 Å². The summed E-state index contributed by atoms with van der Waals surface area (Å²) in [5.41, 5.74) is 2.27. The Bertz CT molecular complexity index is 848. The van der Waals surface area contributed by atoms with Crippen molar-refractivity contribution in [1.82, 2.24) is 9.47 Å². The first-order valence-electron chi connectivity index (χ1n) is 7.56. The fourth-order valence-corrected chi connectivity index (χ4v) is 3.22. The van der Waals surface area contributed by atoms with Crippen LogP contribution in [0.2, 0.25) is 0 Å². The van der Waals surface area contributed by atoms with E-state index >= 15 is 0 Å². The summed E-state index contributed by atoms with van der Waals surface area (Å²) in [5, 5.41) is 4.04. The summed E-state index contributed by atoms with van der Waals surface area (Å²) in [6, 6.07) is 9.16. The van der Waals surface area contributed by atoms with Gasteiger partial charge in [0, 0.05) is 13.1 Å². The maximum Gasteiger partial charge on any atom is 0.420 e. The monoisotopic (exact) mass is 330 g/mol. The molecule has 0 bridgehead atoms.